The zero-order valence-corrected chi connectivity index (χ0v) is 16.0. The molecular weight excluding hydrogens is 380 g/mol. The Morgan fingerprint density at radius 2 is 1.73 bits per heavy atom. The topological polar surface area (TPSA) is 65.7 Å². The molecule has 0 amide bonds. The largest absolute Gasteiger partial charge is 0.452 e. The van der Waals surface area contributed by atoms with E-state index in [1.165, 1.54) is 0 Å². The molecule has 3 aromatic carbocycles. The molecule has 1 aromatic heterocycles. The standard InChI is InChI=1S/C25H16O5/c1-15-11-18(28-25(27)22-13-17-9-5-6-10-19(17)29-22)14-20-23(15)24(26)21(30-20)12-16-7-3-2-4-8-16/h2-14H,1H3/b21-12-. The maximum atomic E-state index is 12.8. The minimum Gasteiger partial charge on any atom is -0.452 e. The van der Waals surface area contributed by atoms with E-state index < -0.39 is 5.97 Å². The first-order valence-electron chi connectivity index (χ1n) is 9.43. The maximum Gasteiger partial charge on any atom is 0.379 e. The molecule has 0 atom stereocenters. The van der Waals surface area contributed by atoms with E-state index in [4.69, 9.17) is 13.9 Å². The van der Waals surface area contributed by atoms with E-state index in [1.807, 2.05) is 48.5 Å². The minimum absolute atomic E-state index is 0.107. The third-order valence-electron chi connectivity index (χ3n) is 4.88. The normalized spacial score (nSPS) is 14.0. The quantitative estimate of drug-likeness (QED) is 0.257. The number of allylic oxidation sites excluding steroid dienone is 1. The monoisotopic (exact) mass is 396 g/mol. The number of aryl methyl sites for hydroxylation is 1. The van der Waals surface area contributed by atoms with Crippen molar-refractivity contribution in [3.05, 3.63) is 101 Å². The number of hydrogen-bond donors (Lipinski definition) is 0. The molecule has 2 heterocycles. The maximum absolute atomic E-state index is 12.8. The molecule has 0 radical (unpaired) electrons. The van der Waals surface area contributed by atoms with Crippen LogP contribution in [0.1, 0.15) is 32.0 Å². The second-order valence-electron chi connectivity index (χ2n) is 7.00. The highest BCUT2D eigenvalue weighted by atomic mass is 16.5. The Bertz CT molecular complexity index is 1300. The summed E-state index contributed by atoms with van der Waals surface area (Å²) < 4.78 is 16.8. The van der Waals surface area contributed by atoms with E-state index in [0.717, 1.165) is 10.9 Å². The fraction of sp³-hybridized carbons (Fsp3) is 0.0400. The average molecular weight is 396 g/mol. The Balaban J connectivity index is 1.42. The van der Waals surface area contributed by atoms with Crippen molar-refractivity contribution in [2.24, 2.45) is 0 Å². The van der Waals surface area contributed by atoms with Gasteiger partial charge in [0.05, 0.1) is 5.56 Å². The van der Waals surface area contributed by atoms with Gasteiger partial charge in [-0.2, -0.15) is 0 Å². The van der Waals surface area contributed by atoms with Gasteiger partial charge in [0, 0.05) is 11.5 Å². The average Bonchev–Trinajstić information content (AvgIpc) is 3.30. The van der Waals surface area contributed by atoms with E-state index in [2.05, 4.69) is 0 Å². The summed E-state index contributed by atoms with van der Waals surface area (Å²) in [6, 6.07) is 21.6. The van der Waals surface area contributed by atoms with Gasteiger partial charge in [-0.05, 0) is 42.3 Å². The molecule has 30 heavy (non-hydrogen) atoms. The molecule has 4 aromatic rings. The summed E-state index contributed by atoms with van der Waals surface area (Å²) in [7, 11) is 0. The molecule has 0 aliphatic carbocycles. The van der Waals surface area contributed by atoms with Crippen LogP contribution in [0.3, 0.4) is 0 Å². The van der Waals surface area contributed by atoms with Crippen LogP contribution in [0.2, 0.25) is 0 Å². The van der Waals surface area contributed by atoms with Gasteiger partial charge in [-0.3, -0.25) is 4.79 Å². The van der Waals surface area contributed by atoms with Crippen LogP contribution >= 0.6 is 0 Å². The number of furan rings is 1. The first-order valence-corrected chi connectivity index (χ1v) is 9.43. The highest BCUT2D eigenvalue weighted by molar-refractivity contribution is 6.15. The highest BCUT2D eigenvalue weighted by Crippen LogP contribution is 2.37. The third kappa shape index (κ3) is 3.16. The fourth-order valence-electron chi connectivity index (χ4n) is 3.48. The lowest BCUT2D eigenvalue weighted by Gasteiger charge is -2.06. The van der Waals surface area contributed by atoms with Crippen LogP contribution in [0.25, 0.3) is 17.0 Å². The predicted octanol–water partition coefficient (Wildman–Crippen LogP) is 5.58. The van der Waals surface area contributed by atoms with Crippen LogP contribution in [-0.2, 0) is 0 Å². The summed E-state index contributed by atoms with van der Waals surface area (Å²) in [6.45, 7) is 1.78. The van der Waals surface area contributed by atoms with Gasteiger partial charge >= 0.3 is 5.97 Å². The van der Waals surface area contributed by atoms with Gasteiger partial charge in [-0.1, -0.05) is 48.5 Å². The van der Waals surface area contributed by atoms with Crippen LogP contribution in [-0.4, -0.2) is 11.8 Å². The summed E-state index contributed by atoms with van der Waals surface area (Å²) >= 11 is 0. The molecule has 0 saturated heterocycles. The molecule has 5 heteroatoms. The second kappa shape index (κ2) is 7.04. The van der Waals surface area contributed by atoms with E-state index in [9.17, 15) is 9.59 Å². The van der Waals surface area contributed by atoms with Crippen molar-refractivity contribution < 1.29 is 23.5 Å². The van der Waals surface area contributed by atoms with Gasteiger partial charge in [0.2, 0.25) is 11.5 Å². The molecule has 5 rings (SSSR count). The number of para-hydroxylation sites is 1. The third-order valence-corrected chi connectivity index (χ3v) is 4.88. The molecule has 1 aliphatic heterocycles. The Labute approximate surface area is 172 Å². The summed E-state index contributed by atoms with van der Waals surface area (Å²) in [5.74, 6) is 0.188. The predicted molar refractivity (Wildman–Crippen MR) is 112 cm³/mol. The van der Waals surface area contributed by atoms with Gasteiger partial charge in [-0.25, -0.2) is 4.79 Å². The number of Topliss-reactive ketones (excluding diaryl/α,β-unsaturated/α-hetero) is 1. The summed E-state index contributed by atoms with van der Waals surface area (Å²) in [5.41, 5.74) is 2.61. The molecule has 0 bridgehead atoms. The van der Waals surface area contributed by atoms with Crippen molar-refractivity contribution in [3.63, 3.8) is 0 Å². The zero-order valence-electron chi connectivity index (χ0n) is 16.0. The van der Waals surface area contributed by atoms with Crippen LogP contribution in [0.5, 0.6) is 11.5 Å². The number of carbonyl (C=O) groups is 2. The van der Waals surface area contributed by atoms with Crippen molar-refractivity contribution in [2.45, 2.75) is 6.92 Å². The van der Waals surface area contributed by atoms with Crippen molar-refractivity contribution in [1.82, 2.24) is 0 Å². The van der Waals surface area contributed by atoms with Crippen LogP contribution in [0.4, 0.5) is 0 Å². The van der Waals surface area contributed by atoms with Crippen LogP contribution in [0.15, 0.2) is 83.0 Å². The van der Waals surface area contributed by atoms with Crippen molar-refractivity contribution in [2.75, 3.05) is 0 Å². The smallest absolute Gasteiger partial charge is 0.379 e. The summed E-state index contributed by atoms with van der Waals surface area (Å²) in [4.78, 5) is 25.3. The lowest BCUT2D eigenvalue weighted by molar-refractivity contribution is 0.0703. The number of ketones is 1. The molecule has 5 nitrogen and oxygen atoms in total. The van der Waals surface area contributed by atoms with Crippen molar-refractivity contribution in [3.8, 4) is 11.5 Å². The lowest BCUT2D eigenvalue weighted by atomic mass is 10.0. The molecule has 0 N–H and O–H groups in total. The molecule has 0 saturated carbocycles. The number of esters is 1. The number of ether oxygens (including phenoxy) is 2. The summed E-state index contributed by atoms with van der Waals surface area (Å²) in [6.07, 6.45) is 1.70. The Kier molecular flexibility index (Phi) is 4.21. The van der Waals surface area contributed by atoms with Crippen LogP contribution in [0, 0.1) is 6.92 Å². The summed E-state index contributed by atoms with van der Waals surface area (Å²) in [5, 5.41) is 0.819. The molecular formula is C25H16O5. The first-order chi connectivity index (χ1) is 14.6. The zero-order chi connectivity index (χ0) is 20.7. The molecule has 0 spiro atoms. The van der Waals surface area contributed by atoms with Crippen molar-refractivity contribution >= 4 is 28.8 Å². The number of fused-ring (bicyclic) bond motifs is 2. The van der Waals surface area contributed by atoms with Crippen LogP contribution < -0.4 is 9.47 Å². The first kappa shape index (κ1) is 17.9. The van der Waals surface area contributed by atoms with Gasteiger partial charge in [0.25, 0.3) is 0 Å². The van der Waals surface area contributed by atoms with Crippen molar-refractivity contribution in [1.29, 1.82) is 0 Å². The highest BCUT2D eigenvalue weighted by Gasteiger charge is 2.30. The van der Waals surface area contributed by atoms with E-state index in [0.29, 0.717) is 22.5 Å². The number of rotatable bonds is 3. The SMILES string of the molecule is Cc1cc(OC(=O)c2cc3ccccc3o2)cc2c1C(=O)/C(=C/c1ccccc1)O2. The number of carbonyl (C=O) groups excluding carboxylic acids is 2. The van der Waals surface area contributed by atoms with Gasteiger partial charge in [0.15, 0.2) is 5.76 Å². The molecule has 146 valence electrons. The van der Waals surface area contributed by atoms with Gasteiger partial charge < -0.3 is 13.9 Å². The second-order valence-corrected chi connectivity index (χ2v) is 7.00. The van der Waals surface area contributed by atoms with Gasteiger partial charge in [0.1, 0.15) is 17.1 Å². The molecule has 0 unspecified atom stereocenters. The lowest BCUT2D eigenvalue weighted by Crippen LogP contribution is -2.07. The molecule has 0 fully saturated rings. The Hall–Kier alpha value is -4.12. The Morgan fingerprint density at radius 1 is 0.967 bits per heavy atom. The Morgan fingerprint density at radius 3 is 2.53 bits per heavy atom. The van der Waals surface area contributed by atoms with E-state index >= 15 is 0 Å². The van der Waals surface area contributed by atoms with E-state index in [1.54, 1.807) is 37.3 Å². The number of hydrogen-bond acceptors (Lipinski definition) is 5. The molecule has 1 aliphatic rings. The minimum atomic E-state index is -0.616. The number of benzene rings is 3. The fourth-order valence-corrected chi connectivity index (χ4v) is 3.48. The van der Waals surface area contributed by atoms with E-state index in [-0.39, 0.29) is 23.1 Å². The van der Waals surface area contributed by atoms with Gasteiger partial charge in [-0.15, -0.1) is 0 Å².